The minimum absolute atomic E-state index is 0.0755. The van der Waals surface area contributed by atoms with Gasteiger partial charge < -0.3 is 15.5 Å². The van der Waals surface area contributed by atoms with Gasteiger partial charge in [0.25, 0.3) is 0 Å². The summed E-state index contributed by atoms with van der Waals surface area (Å²) in [6.45, 7) is 4.21. The molecule has 0 heterocycles. The summed E-state index contributed by atoms with van der Waals surface area (Å²) in [6.07, 6.45) is 99.1. The molecule has 0 aliphatic rings. The highest BCUT2D eigenvalue weighted by atomic mass is 16.3. The Morgan fingerprint density at radius 2 is 0.592 bits per heavy atom. The van der Waals surface area contributed by atoms with Crippen LogP contribution in [-0.2, 0) is 4.79 Å². The van der Waals surface area contributed by atoms with Crippen molar-refractivity contribution in [1.29, 1.82) is 0 Å². The van der Waals surface area contributed by atoms with Crippen LogP contribution in [0.3, 0.4) is 0 Å². The Hall–Kier alpha value is -2.69. The second-order valence-electron chi connectivity index (χ2n) is 22.5. The van der Waals surface area contributed by atoms with Gasteiger partial charge in [0.1, 0.15) is 0 Å². The van der Waals surface area contributed by atoms with Crippen molar-refractivity contribution in [1.82, 2.24) is 5.32 Å². The summed E-state index contributed by atoms with van der Waals surface area (Å²) in [6, 6.07) is -0.651. The van der Waals surface area contributed by atoms with E-state index in [9.17, 15) is 15.0 Å². The van der Waals surface area contributed by atoms with Gasteiger partial charge in [-0.3, -0.25) is 4.79 Å². The average Bonchev–Trinajstić information content (AvgIpc) is 3.42. The van der Waals surface area contributed by atoms with Gasteiger partial charge in [-0.2, -0.15) is 0 Å². The van der Waals surface area contributed by atoms with Crippen LogP contribution in [0.1, 0.15) is 335 Å². The zero-order chi connectivity index (χ0) is 54.8. The molecule has 1 amide bonds. The SMILES string of the molecule is CC/C=C\C/C=C\C/C=C\C/C=C\C/C=C\CCCCCCCCCCCCCCCCCCCCCC(=O)NC(CO)C(O)/C=C/CC/C=C/CC/C=C/CCCCCCCCCCCCCCCCCCCCC. The molecule has 0 spiro atoms. The molecule has 2 atom stereocenters. The summed E-state index contributed by atoms with van der Waals surface area (Å²) in [7, 11) is 0. The van der Waals surface area contributed by atoms with Gasteiger partial charge in [0.2, 0.25) is 5.91 Å². The number of carbonyl (C=O) groups is 1. The molecule has 4 nitrogen and oxygen atoms in total. The number of amides is 1. The maximum absolute atomic E-state index is 12.5. The van der Waals surface area contributed by atoms with E-state index >= 15 is 0 Å². The van der Waals surface area contributed by atoms with Gasteiger partial charge in [-0.1, -0.05) is 336 Å². The molecule has 0 aliphatic carbocycles. The molecular formula is C72H129NO3. The highest BCUT2D eigenvalue weighted by Gasteiger charge is 2.18. The Balaban J connectivity index is 3.51. The Labute approximate surface area is 474 Å². The summed E-state index contributed by atoms with van der Waals surface area (Å²) in [5.41, 5.74) is 0. The van der Waals surface area contributed by atoms with Crippen molar-refractivity contribution >= 4 is 5.91 Å². The van der Waals surface area contributed by atoms with Gasteiger partial charge >= 0.3 is 0 Å². The second kappa shape index (κ2) is 66.6. The molecule has 0 fully saturated rings. The number of nitrogens with one attached hydrogen (secondary N) is 1. The number of unbranched alkanes of at least 4 members (excludes halogenated alkanes) is 40. The highest BCUT2D eigenvalue weighted by Crippen LogP contribution is 2.18. The van der Waals surface area contributed by atoms with Crippen molar-refractivity contribution in [2.24, 2.45) is 0 Å². The normalized spacial score (nSPS) is 13.4. The topological polar surface area (TPSA) is 69.6 Å². The smallest absolute Gasteiger partial charge is 0.220 e. The molecule has 0 aromatic rings. The average molecular weight is 1060 g/mol. The van der Waals surface area contributed by atoms with E-state index in [2.05, 4.69) is 104 Å². The summed E-state index contributed by atoms with van der Waals surface area (Å²) in [4.78, 5) is 12.5. The van der Waals surface area contributed by atoms with Gasteiger partial charge in [-0.25, -0.2) is 0 Å². The van der Waals surface area contributed by atoms with Crippen molar-refractivity contribution in [3.05, 3.63) is 97.2 Å². The van der Waals surface area contributed by atoms with Crippen LogP contribution in [-0.4, -0.2) is 34.9 Å². The minimum atomic E-state index is -0.875. The van der Waals surface area contributed by atoms with Gasteiger partial charge in [0.15, 0.2) is 0 Å². The van der Waals surface area contributed by atoms with Crippen LogP contribution in [0.5, 0.6) is 0 Å². The molecule has 0 saturated heterocycles. The molecule has 0 aromatic heterocycles. The third-order valence-corrected chi connectivity index (χ3v) is 15.0. The first-order chi connectivity index (χ1) is 37.7. The zero-order valence-electron chi connectivity index (χ0n) is 50.8. The van der Waals surface area contributed by atoms with Crippen LogP contribution < -0.4 is 5.32 Å². The van der Waals surface area contributed by atoms with Gasteiger partial charge in [0.05, 0.1) is 18.8 Å². The van der Waals surface area contributed by atoms with Crippen LogP contribution in [0.25, 0.3) is 0 Å². The number of aliphatic hydroxyl groups excluding tert-OH is 2. The third kappa shape index (κ3) is 62.2. The van der Waals surface area contributed by atoms with E-state index in [0.29, 0.717) is 6.42 Å². The van der Waals surface area contributed by atoms with Gasteiger partial charge in [0, 0.05) is 6.42 Å². The fourth-order valence-corrected chi connectivity index (χ4v) is 10.0. The van der Waals surface area contributed by atoms with E-state index in [1.54, 1.807) is 6.08 Å². The lowest BCUT2D eigenvalue weighted by atomic mass is 10.0. The number of aliphatic hydroxyl groups is 2. The summed E-state index contributed by atoms with van der Waals surface area (Å²) >= 11 is 0. The Morgan fingerprint density at radius 3 is 0.921 bits per heavy atom. The standard InChI is InChI=1S/C72H129NO3/c1-3-5-7-9-11-13-15-17-19-21-23-25-27-29-31-33-34-35-36-37-38-40-42-44-46-48-50-52-54-56-58-60-62-64-66-68-72(76)73-70(69-74)71(75)67-65-63-61-59-57-55-53-51-49-47-45-43-41-39-32-30-28-26-24-22-20-18-16-14-12-10-8-6-4-2/h5,7,11,13,17,19,23,25,29,31,49,51,57,59,65,67,70-71,74-75H,3-4,6,8-10,12,14-16,18,20-22,24,26-28,30,32-48,50,52-56,58,60-64,66,68-69H2,1-2H3,(H,73,76)/b7-5-,13-11-,19-17-,25-23-,31-29-,51-49+,59-57+,67-65+. The monoisotopic (exact) mass is 1060 g/mol. The molecule has 76 heavy (non-hydrogen) atoms. The predicted octanol–water partition coefficient (Wildman–Crippen LogP) is 22.8. The van der Waals surface area contributed by atoms with Crippen molar-refractivity contribution in [3.8, 4) is 0 Å². The largest absolute Gasteiger partial charge is 0.394 e. The Kier molecular flexibility index (Phi) is 64.2. The minimum Gasteiger partial charge on any atom is -0.394 e. The van der Waals surface area contributed by atoms with Crippen LogP contribution in [0.4, 0.5) is 0 Å². The summed E-state index contributed by atoms with van der Waals surface area (Å²) in [5.74, 6) is -0.0755. The second-order valence-corrected chi connectivity index (χ2v) is 22.5. The molecule has 4 heteroatoms. The fourth-order valence-electron chi connectivity index (χ4n) is 10.0. The van der Waals surface area contributed by atoms with Crippen LogP contribution in [0, 0.1) is 0 Å². The van der Waals surface area contributed by atoms with Crippen molar-refractivity contribution < 1.29 is 15.0 Å². The van der Waals surface area contributed by atoms with Crippen molar-refractivity contribution in [2.45, 2.75) is 347 Å². The van der Waals surface area contributed by atoms with E-state index in [1.807, 2.05) is 6.08 Å². The highest BCUT2D eigenvalue weighted by molar-refractivity contribution is 5.76. The lowest BCUT2D eigenvalue weighted by Gasteiger charge is -2.19. The number of rotatable bonds is 61. The van der Waals surface area contributed by atoms with Crippen LogP contribution >= 0.6 is 0 Å². The number of carbonyl (C=O) groups excluding carboxylic acids is 1. The number of hydrogen-bond donors (Lipinski definition) is 3. The first kappa shape index (κ1) is 73.3. The number of hydrogen-bond acceptors (Lipinski definition) is 3. The lowest BCUT2D eigenvalue weighted by molar-refractivity contribution is -0.123. The molecule has 0 rings (SSSR count). The molecule has 3 N–H and O–H groups in total. The molecule has 0 radical (unpaired) electrons. The number of allylic oxidation sites excluding steroid dienone is 15. The van der Waals surface area contributed by atoms with Gasteiger partial charge in [-0.05, 0) is 89.9 Å². The van der Waals surface area contributed by atoms with E-state index in [1.165, 1.54) is 244 Å². The molecule has 0 bridgehead atoms. The Bertz CT molecular complexity index is 1380. The fraction of sp³-hybridized carbons (Fsp3) is 0.764. The third-order valence-electron chi connectivity index (χ3n) is 15.0. The molecule has 440 valence electrons. The van der Waals surface area contributed by atoms with E-state index in [4.69, 9.17) is 0 Å². The zero-order valence-corrected chi connectivity index (χ0v) is 50.8. The molecular weight excluding hydrogens is 927 g/mol. The molecule has 0 aromatic carbocycles. The van der Waals surface area contributed by atoms with Gasteiger partial charge in [-0.15, -0.1) is 0 Å². The quantitative estimate of drug-likeness (QED) is 0.0420. The molecule has 2 unspecified atom stereocenters. The first-order valence-electron chi connectivity index (χ1n) is 33.5. The Morgan fingerprint density at radius 1 is 0.329 bits per heavy atom. The van der Waals surface area contributed by atoms with Crippen LogP contribution in [0.15, 0.2) is 97.2 Å². The van der Waals surface area contributed by atoms with E-state index in [-0.39, 0.29) is 12.5 Å². The van der Waals surface area contributed by atoms with Crippen molar-refractivity contribution in [3.63, 3.8) is 0 Å². The predicted molar refractivity (Wildman–Crippen MR) is 340 cm³/mol. The van der Waals surface area contributed by atoms with E-state index < -0.39 is 12.1 Å². The lowest BCUT2D eigenvalue weighted by Crippen LogP contribution is -2.45. The molecule has 0 saturated carbocycles. The first-order valence-corrected chi connectivity index (χ1v) is 33.5. The summed E-state index contributed by atoms with van der Waals surface area (Å²) < 4.78 is 0. The maximum atomic E-state index is 12.5. The van der Waals surface area contributed by atoms with Crippen LogP contribution in [0.2, 0.25) is 0 Å². The maximum Gasteiger partial charge on any atom is 0.220 e. The summed E-state index contributed by atoms with van der Waals surface area (Å²) in [5, 5.41) is 23.2. The van der Waals surface area contributed by atoms with E-state index in [0.717, 1.165) is 70.6 Å². The molecule has 0 aliphatic heterocycles. The van der Waals surface area contributed by atoms with Crippen molar-refractivity contribution in [2.75, 3.05) is 6.61 Å².